The van der Waals surface area contributed by atoms with Gasteiger partial charge in [0.15, 0.2) is 0 Å². The van der Waals surface area contributed by atoms with Crippen molar-refractivity contribution < 1.29 is 8.42 Å². The second-order valence-corrected chi connectivity index (χ2v) is 7.08. The minimum atomic E-state index is -3.73. The van der Waals surface area contributed by atoms with Crippen LogP contribution in [0.5, 0.6) is 0 Å². The van der Waals surface area contributed by atoms with E-state index in [-0.39, 0.29) is 4.90 Å². The van der Waals surface area contributed by atoms with E-state index in [2.05, 4.69) is 14.9 Å². The van der Waals surface area contributed by atoms with Crippen LogP contribution in [-0.2, 0) is 10.0 Å². The smallest absolute Gasteiger partial charge is 0.240 e. The Labute approximate surface area is 135 Å². The zero-order chi connectivity index (χ0) is 16.4. The number of aryl methyl sites for hydroxylation is 1. The number of nitrogens with zero attached hydrogens (tertiary/aromatic N) is 4. The van der Waals surface area contributed by atoms with Crippen LogP contribution in [0.2, 0.25) is 0 Å². The predicted molar refractivity (Wildman–Crippen MR) is 89.0 cm³/mol. The highest BCUT2D eigenvalue weighted by molar-refractivity contribution is 7.89. The van der Waals surface area contributed by atoms with Crippen LogP contribution < -0.4 is 14.9 Å². The van der Waals surface area contributed by atoms with Crippen molar-refractivity contribution in [3.05, 3.63) is 42.2 Å². The minimum absolute atomic E-state index is 0.167. The van der Waals surface area contributed by atoms with Gasteiger partial charge >= 0.3 is 0 Å². The fraction of sp³-hybridized carbons (Fsp3) is 0.333. The van der Waals surface area contributed by atoms with Crippen molar-refractivity contribution in [2.75, 3.05) is 36.0 Å². The molecule has 2 aromatic rings. The number of nitrogens with two attached hydrogens (primary N) is 1. The van der Waals surface area contributed by atoms with Gasteiger partial charge in [0.2, 0.25) is 16.0 Å². The van der Waals surface area contributed by atoms with Gasteiger partial charge in [-0.05, 0) is 24.6 Å². The molecule has 122 valence electrons. The molecule has 1 fully saturated rings. The molecular formula is C15H19N5O2S. The van der Waals surface area contributed by atoms with Crippen molar-refractivity contribution >= 4 is 21.7 Å². The molecule has 2 heterocycles. The average molecular weight is 333 g/mol. The van der Waals surface area contributed by atoms with Crippen molar-refractivity contribution in [2.24, 2.45) is 5.14 Å². The lowest BCUT2D eigenvalue weighted by molar-refractivity contribution is 0.595. The first-order chi connectivity index (χ1) is 10.9. The summed E-state index contributed by atoms with van der Waals surface area (Å²) < 4.78 is 23.5. The summed E-state index contributed by atoms with van der Waals surface area (Å²) in [4.78, 5) is 13.0. The van der Waals surface area contributed by atoms with Crippen molar-refractivity contribution in [2.45, 2.75) is 11.8 Å². The lowest BCUT2D eigenvalue weighted by atomic mass is 10.2. The third-order valence-corrected chi connectivity index (χ3v) is 4.80. The van der Waals surface area contributed by atoms with Gasteiger partial charge in [-0.3, -0.25) is 0 Å². The Kier molecular flexibility index (Phi) is 4.18. The maximum absolute atomic E-state index is 11.7. The Balaban J connectivity index is 1.76. The van der Waals surface area contributed by atoms with E-state index in [0.29, 0.717) is 24.7 Å². The third-order valence-electron chi connectivity index (χ3n) is 3.84. The van der Waals surface area contributed by atoms with Gasteiger partial charge in [-0.2, -0.15) is 0 Å². The molecule has 7 nitrogen and oxygen atoms in total. The van der Waals surface area contributed by atoms with E-state index < -0.39 is 10.0 Å². The number of hydrogen-bond donors (Lipinski definition) is 1. The van der Waals surface area contributed by atoms with Gasteiger partial charge in [0.25, 0.3) is 0 Å². The molecule has 0 unspecified atom stereocenters. The molecule has 1 aliphatic heterocycles. The first-order valence-corrected chi connectivity index (χ1v) is 8.90. The zero-order valence-electron chi connectivity index (χ0n) is 12.9. The van der Waals surface area contributed by atoms with E-state index in [0.717, 1.165) is 18.7 Å². The fourth-order valence-electron chi connectivity index (χ4n) is 2.66. The number of primary sulfonamides is 1. The Morgan fingerprint density at radius 1 is 1.00 bits per heavy atom. The summed E-state index contributed by atoms with van der Waals surface area (Å²) in [5.74, 6) is 0.704. The summed E-state index contributed by atoms with van der Waals surface area (Å²) in [6, 6.07) is 6.83. The van der Waals surface area contributed by atoms with Gasteiger partial charge in [0, 0.05) is 38.6 Å². The second-order valence-electron chi connectivity index (χ2n) is 5.55. The van der Waals surface area contributed by atoms with Crippen molar-refractivity contribution in [3.63, 3.8) is 0 Å². The molecule has 1 aromatic heterocycles. The van der Waals surface area contributed by atoms with E-state index in [1.54, 1.807) is 30.6 Å². The summed E-state index contributed by atoms with van der Waals surface area (Å²) in [5.41, 5.74) is 1.67. The van der Waals surface area contributed by atoms with Gasteiger partial charge in [-0.15, -0.1) is 0 Å². The predicted octanol–water partition coefficient (Wildman–Crippen LogP) is 0.759. The number of sulfonamides is 1. The van der Waals surface area contributed by atoms with Gasteiger partial charge in [0.1, 0.15) is 4.90 Å². The average Bonchev–Trinajstić information content (AvgIpc) is 2.55. The quantitative estimate of drug-likeness (QED) is 0.891. The molecule has 1 aromatic carbocycles. The molecule has 0 aliphatic carbocycles. The molecule has 0 saturated carbocycles. The van der Waals surface area contributed by atoms with Gasteiger partial charge < -0.3 is 9.80 Å². The molecule has 0 spiro atoms. The maximum atomic E-state index is 11.7. The van der Waals surface area contributed by atoms with E-state index in [1.807, 2.05) is 17.9 Å². The lowest BCUT2D eigenvalue weighted by Gasteiger charge is -2.36. The number of benzene rings is 1. The standard InChI is InChI=1S/C15H19N5O2S/c1-12-10-17-15(18-11-12)20-8-6-19(7-9-20)13-4-2-3-5-14(13)23(16,21)22/h2-5,10-11H,6-9H2,1H3,(H2,16,21,22). The van der Waals surface area contributed by atoms with Crippen LogP contribution in [0, 0.1) is 6.92 Å². The minimum Gasteiger partial charge on any atom is -0.367 e. The number of anilines is 2. The molecular weight excluding hydrogens is 314 g/mol. The van der Waals surface area contributed by atoms with Crippen molar-refractivity contribution in [1.29, 1.82) is 0 Å². The molecule has 0 atom stereocenters. The summed E-state index contributed by atoms with van der Waals surface area (Å²) >= 11 is 0. The van der Waals surface area contributed by atoms with Crippen LogP contribution in [0.1, 0.15) is 5.56 Å². The number of hydrogen-bond acceptors (Lipinski definition) is 6. The van der Waals surface area contributed by atoms with Gasteiger partial charge in [0.05, 0.1) is 5.69 Å². The van der Waals surface area contributed by atoms with Gasteiger partial charge in [-0.1, -0.05) is 12.1 Å². The topological polar surface area (TPSA) is 92.4 Å². The molecule has 1 aliphatic rings. The molecule has 0 radical (unpaired) electrons. The Morgan fingerprint density at radius 2 is 1.57 bits per heavy atom. The van der Waals surface area contributed by atoms with Gasteiger partial charge in [-0.25, -0.2) is 23.5 Å². The van der Waals surface area contributed by atoms with Crippen LogP contribution in [-0.4, -0.2) is 44.6 Å². The number of piperazine rings is 1. The van der Waals surface area contributed by atoms with Crippen molar-refractivity contribution in [1.82, 2.24) is 9.97 Å². The Morgan fingerprint density at radius 3 is 2.17 bits per heavy atom. The summed E-state index contributed by atoms with van der Waals surface area (Å²) in [7, 11) is -3.73. The van der Waals surface area contributed by atoms with E-state index >= 15 is 0 Å². The van der Waals surface area contributed by atoms with Crippen LogP contribution in [0.25, 0.3) is 0 Å². The summed E-state index contributed by atoms with van der Waals surface area (Å²) in [5, 5.41) is 5.31. The van der Waals surface area contributed by atoms with Crippen molar-refractivity contribution in [3.8, 4) is 0 Å². The maximum Gasteiger partial charge on any atom is 0.240 e. The highest BCUT2D eigenvalue weighted by atomic mass is 32.2. The SMILES string of the molecule is Cc1cnc(N2CCN(c3ccccc3S(N)(=O)=O)CC2)nc1. The van der Waals surface area contributed by atoms with Crippen LogP contribution in [0.15, 0.2) is 41.6 Å². The van der Waals surface area contributed by atoms with Crippen LogP contribution in [0.3, 0.4) is 0 Å². The first kappa shape index (κ1) is 15.7. The van der Waals surface area contributed by atoms with Crippen LogP contribution >= 0.6 is 0 Å². The Hall–Kier alpha value is -2.19. The van der Waals surface area contributed by atoms with E-state index in [9.17, 15) is 8.42 Å². The molecule has 8 heteroatoms. The third kappa shape index (κ3) is 3.43. The van der Waals surface area contributed by atoms with E-state index in [4.69, 9.17) is 5.14 Å². The zero-order valence-corrected chi connectivity index (χ0v) is 13.7. The Bertz CT molecular complexity index is 784. The molecule has 1 saturated heterocycles. The number of para-hydroxylation sites is 1. The monoisotopic (exact) mass is 333 g/mol. The molecule has 23 heavy (non-hydrogen) atoms. The molecule has 2 N–H and O–H groups in total. The lowest BCUT2D eigenvalue weighted by Crippen LogP contribution is -2.47. The normalized spacial score (nSPS) is 15.7. The summed E-state index contributed by atoms with van der Waals surface area (Å²) in [6.45, 7) is 4.77. The fourth-order valence-corrected chi connectivity index (χ4v) is 3.41. The second kappa shape index (κ2) is 6.13. The highest BCUT2D eigenvalue weighted by Gasteiger charge is 2.23. The first-order valence-electron chi connectivity index (χ1n) is 7.35. The van der Waals surface area contributed by atoms with Crippen LogP contribution in [0.4, 0.5) is 11.6 Å². The summed E-state index contributed by atoms with van der Waals surface area (Å²) in [6.07, 6.45) is 3.59. The number of aromatic nitrogens is 2. The highest BCUT2D eigenvalue weighted by Crippen LogP contribution is 2.25. The molecule has 3 rings (SSSR count). The van der Waals surface area contributed by atoms with E-state index in [1.165, 1.54) is 0 Å². The molecule has 0 bridgehead atoms. The molecule has 0 amide bonds. The number of rotatable bonds is 3. The largest absolute Gasteiger partial charge is 0.367 e.